The molecule has 1 amide bonds. The SMILES string of the molecule is O=C(Nc1cccc(C(F)(F)F)c1)c1ccccc1NCc1cccnc1. The lowest BCUT2D eigenvalue weighted by molar-refractivity contribution is -0.137. The van der Waals surface area contributed by atoms with Crippen molar-refractivity contribution >= 4 is 17.3 Å². The smallest absolute Gasteiger partial charge is 0.380 e. The van der Waals surface area contributed by atoms with Gasteiger partial charge in [-0.3, -0.25) is 9.78 Å². The fourth-order valence-electron chi connectivity index (χ4n) is 2.51. The Bertz CT molecular complexity index is 927. The molecule has 4 nitrogen and oxygen atoms in total. The summed E-state index contributed by atoms with van der Waals surface area (Å²) in [6, 6.07) is 15.0. The minimum atomic E-state index is -4.47. The van der Waals surface area contributed by atoms with E-state index in [0.29, 0.717) is 17.8 Å². The summed E-state index contributed by atoms with van der Waals surface area (Å²) < 4.78 is 38.5. The highest BCUT2D eigenvalue weighted by Crippen LogP contribution is 2.31. The van der Waals surface area contributed by atoms with E-state index in [1.807, 2.05) is 12.1 Å². The van der Waals surface area contributed by atoms with Gasteiger partial charge in [0.1, 0.15) is 0 Å². The number of hydrogen-bond donors (Lipinski definition) is 2. The molecule has 0 spiro atoms. The summed E-state index contributed by atoms with van der Waals surface area (Å²) in [7, 11) is 0. The van der Waals surface area contributed by atoms with Crippen molar-refractivity contribution in [3.05, 3.63) is 89.7 Å². The number of rotatable bonds is 5. The van der Waals surface area contributed by atoms with Crippen molar-refractivity contribution in [2.24, 2.45) is 0 Å². The number of nitrogens with zero attached hydrogens (tertiary/aromatic N) is 1. The molecule has 1 heterocycles. The van der Waals surface area contributed by atoms with E-state index in [9.17, 15) is 18.0 Å². The second-order valence-electron chi connectivity index (χ2n) is 5.79. The maximum atomic E-state index is 12.8. The molecular formula is C20H16F3N3O. The van der Waals surface area contributed by atoms with Gasteiger partial charge in [-0.15, -0.1) is 0 Å². The molecule has 0 bridgehead atoms. The molecule has 3 rings (SSSR count). The van der Waals surface area contributed by atoms with Gasteiger partial charge in [-0.1, -0.05) is 24.3 Å². The van der Waals surface area contributed by atoms with Crippen molar-refractivity contribution in [2.75, 3.05) is 10.6 Å². The highest BCUT2D eigenvalue weighted by molar-refractivity contribution is 6.08. The quantitative estimate of drug-likeness (QED) is 0.666. The van der Waals surface area contributed by atoms with Gasteiger partial charge in [0.05, 0.1) is 11.1 Å². The molecule has 0 saturated carbocycles. The summed E-state index contributed by atoms with van der Waals surface area (Å²) in [6.45, 7) is 0.460. The molecule has 1 aromatic heterocycles. The topological polar surface area (TPSA) is 54.0 Å². The predicted octanol–water partition coefficient (Wildman–Crippen LogP) is 4.96. The van der Waals surface area contributed by atoms with Crippen LogP contribution >= 0.6 is 0 Å². The number of carbonyl (C=O) groups excluding carboxylic acids is 1. The van der Waals surface area contributed by atoms with E-state index in [0.717, 1.165) is 17.7 Å². The van der Waals surface area contributed by atoms with Gasteiger partial charge in [-0.25, -0.2) is 0 Å². The first-order valence-electron chi connectivity index (χ1n) is 8.14. The second-order valence-corrected chi connectivity index (χ2v) is 5.79. The highest BCUT2D eigenvalue weighted by Gasteiger charge is 2.30. The molecule has 138 valence electrons. The number of benzene rings is 2. The van der Waals surface area contributed by atoms with E-state index in [1.165, 1.54) is 12.1 Å². The molecule has 3 aromatic rings. The van der Waals surface area contributed by atoms with Crippen molar-refractivity contribution in [3.63, 3.8) is 0 Å². The lowest BCUT2D eigenvalue weighted by atomic mass is 10.1. The largest absolute Gasteiger partial charge is 0.416 e. The molecular weight excluding hydrogens is 355 g/mol. The van der Waals surface area contributed by atoms with Crippen LogP contribution < -0.4 is 10.6 Å². The van der Waals surface area contributed by atoms with Crippen LogP contribution in [0.3, 0.4) is 0 Å². The summed E-state index contributed by atoms with van der Waals surface area (Å²) in [5, 5.41) is 5.67. The Labute approximate surface area is 154 Å². The number of hydrogen-bond acceptors (Lipinski definition) is 3. The van der Waals surface area contributed by atoms with Crippen LogP contribution in [-0.2, 0) is 12.7 Å². The fraction of sp³-hybridized carbons (Fsp3) is 0.100. The van der Waals surface area contributed by atoms with Crippen LogP contribution in [0.2, 0.25) is 0 Å². The number of anilines is 2. The number of para-hydroxylation sites is 1. The van der Waals surface area contributed by atoms with Gasteiger partial charge in [0.25, 0.3) is 5.91 Å². The fourth-order valence-corrected chi connectivity index (χ4v) is 2.51. The summed E-state index contributed by atoms with van der Waals surface area (Å²) in [6.07, 6.45) is -1.10. The van der Waals surface area contributed by atoms with Crippen molar-refractivity contribution in [1.82, 2.24) is 4.98 Å². The van der Waals surface area contributed by atoms with E-state index in [2.05, 4.69) is 15.6 Å². The lowest BCUT2D eigenvalue weighted by Gasteiger charge is -2.13. The maximum Gasteiger partial charge on any atom is 0.416 e. The summed E-state index contributed by atoms with van der Waals surface area (Å²) in [5.74, 6) is -0.497. The minimum Gasteiger partial charge on any atom is -0.380 e. The molecule has 7 heteroatoms. The summed E-state index contributed by atoms with van der Waals surface area (Å²) in [4.78, 5) is 16.6. The summed E-state index contributed by atoms with van der Waals surface area (Å²) in [5.41, 5.74) is 1.11. The molecule has 0 unspecified atom stereocenters. The predicted molar refractivity (Wildman–Crippen MR) is 97.4 cm³/mol. The highest BCUT2D eigenvalue weighted by atomic mass is 19.4. The van der Waals surface area contributed by atoms with Gasteiger partial charge in [-0.05, 0) is 42.0 Å². The third-order valence-corrected chi connectivity index (χ3v) is 3.83. The Morgan fingerprint density at radius 1 is 1.00 bits per heavy atom. The molecule has 0 saturated heterocycles. The van der Waals surface area contributed by atoms with Crippen molar-refractivity contribution in [1.29, 1.82) is 0 Å². The van der Waals surface area contributed by atoms with Gasteiger partial charge in [0, 0.05) is 30.3 Å². The number of aromatic nitrogens is 1. The zero-order valence-electron chi connectivity index (χ0n) is 14.1. The van der Waals surface area contributed by atoms with Crippen LogP contribution in [0, 0.1) is 0 Å². The standard InChI is InChI=1S/C20H16F3N3O/c21-20(22,23)15-6-3-7-16(11-15)26-19(27)17-8-1-2-9-18(17)25-13-14-5-4-10-24-12-14/h1-12,25H,13H2,(H,26,27). The van der Waals surface area contributed by atoms with Crippen LogP contribution in [0.1, 0.15) is 21.5 Å². The van der Waals surface area contributed by atoms with E-state index in [-0.39, 0.29) is 5.69 Å². The number of carbonyl (C=O) groups is 1. The second kappa shape index (κ2) is 7.90. The Hall–Kier alpha value is -3.35. The van der Waals surface area contributed by atoms with Gasteiger partial charge in [-0.2, -0.15) is 13.2 Å². The zero-order valence-corrected chi connectivity index (χ0v) is 14.1. The average Bonchev–Trinajstić information content (AvgIpc) is 2.67. The molecule has 0 fully saturated rings. The molecule has 27 heavy (non-hydrogen) atoms. The molecule has 0 aliphatic carbocycles. The maximum absolute atomic E-state index is 12.8. The third kappa shape index (κ3) is 4.84. The molecule has 0 radical (unpaired) electrons. The monoisotopic (exact) mass is 371 g/mol. The van der Waals surface area contributed by atoms with Crippen LogP contribution in [0.25, 0.3) is 0 Å². The normalized spacial score (nSPS) is 11.1. The van der Waals surface area contributed by atoms with E-state index >= 15 is 0 Å². The molecule has 2 aromatic carbocycles. The minimum absolute atomic E-state index is 0.0805. The molecule has 0 aliphatic rings. The van der Waals surface area contributed by atoms with E-state index in [1.54, 1.807) is 36.7 Å². The van der Waals surface area contributed by atoms with Gasteiger partial charge in [0.2, 0.25) is 0 Å². The molecule has 2 N–H and O–H groups in total. The first-order valence-corrected chi connectivity index (χ1v) is 8.14. The Morgan fingerprint density at radius 3 is 2.56 bits per heavy atom. The van der Waals surface area contributed by atoms with Crippen LogP contribution in [0.5, 0.6) is 0 Å². The van der Waals surface area contributed by atoms with Crippen molar-refractivity contribution in [3.8, 4) is 0 Å². The Balaban J connectivity index is 1.75. The molecule has 0 atom stereocenters. The van der Waals surface area contributed by atoms with Gasteiger partial charge >= 0.3 is 6.18 Å². The first-order chi connectivity index (χ1) is 12.9. The molecule has 0 aliphatic heterocycles. The van der Waals surface area contributed by atoms with Crippen molar-refractivity contribution < 1.29 is 18.0 Å². The number of halogens is 3. The van der Waals surface area contributed by atoms with Crippen LogP contribution in [0.4, 0.5) is 24.5 Å². The Kier molecular flexibility index (Phi) is 5.40. The van der Waals surface area contributed by atoms with Gasteiger partial charge in [0.15, 0.2) is 0 Å². The van der Waals surface area contributed by atoms with E-state index < -0.39 is 17.6 Å². The van der Waals surface area contributed by atoms with Crippen LogP contribution in [0.15, 0.2) is 73.1 Å². The number of nitrogens with one attached hydrogen (secondary N) is 2. The number of pyridine rings is 1. The number of alkyl halides is 3. The van der Waals surface area contributed by atoms with E-state index in [4.69, 9.17) is 0 Å². The number of amides is 1. The lowest BCUT2D eigenvalue weighted by Crippen LogP contribution is -2.15. The summed E-state index contributed by atoms with van der Waals surface area (Å²) >= 11 is 0. The van der Waals surface area contributed by atoms with Crippen LogP contribution in [-0.4, -0.2) is 10.9 Å². The average molecular weight is 371 g/mol. The van der Waals surface area contributed by atoms with Crippen molar-refractivity contribution in [2.45, 2.75) is 12.7 Å². The van der Waals surface area contributed by atoms with Gasteiger partial charge < -0.3 is 10.6 Å². The third-order valence-electron chi connectivity index (χ3n) is 3.83. The zero-order chi connectivity index (χ0) is 19.3. The Morgan fingerprint density at radius 2 is 1.81 bits per heavy atom. The first kappa shape index (κ1) is 18.4.